The van der Waals surface area contributed by atoms with E-state index in [0.29, 0.717) is 25.1 Å². The van der Waals surface area contributed by atoms with Crippen molar-refractivity contribution in [3.8, 4) is 0 Å². The van der Waals surface area contributed by atoms with Crippen LogP contribution in [-0.2, 0) is 27.4 Å². The van der Waals surface area contributed by atoms with Crippen molar-refractivity contribution in [3.63, 3.8) is 0 Å². The lowest BCUT2D eigenvalue weighted by molar-refractivity contribution is -0.136. The summed E-state index contributed by atoms with van der Waals surface area (Å²) in [4.78, 5) is 37.9. The van der Waals surface area contributed by atoms with Gasteiger partial charge in [0.2, 0.25) is 11.8 Å². The van der Waals surface area contributed by atoms with Gasteiger partial charge in [-0.2, -0.15) is 0 Å². The molecule has 0 radical (unpaired) electrons. The Morgan fingerprint density at radius 1 is 1.28 bits per heavy atom. The number of hydrogen-bond acceptors (Lipinski definition) is 6. The molecule has 0 spiro atoms. The Morgan fingerprint density at radius 2 is 2.10 bits per heavy atom. The number of piperidine rings is 1. The summed E-state index contributed by atoms with van der Waals surface area (Å²) in [6, 6.07) is 5.28. The topological polar surface area (TPSA) is 114 Å². The number of nitrogens with zero attached hydrogens (tertiary/aromatic N) is 1. The number of carbonyl (C=O) groups excluding carboxylic acids is 3. The van der Waals surface area contributed by atoms with Gasteiger partial charge in [0, 0.05) is 43.6 Å². The van der Waals surface area contributed by atoms with Crippen LogP contribution in [-0.4, -0.2) is 54.0 Å². The van der Waals surface area contributed by atoms with Gasteiger partial charge in [-0.15, -0.1) is 0 Å². The molecular weight excluding hydrogens is 372 g/mol. The lowest BCUT2D eigenvalue weighted by Crippen LogP contribution is -2.52. The monoisotopic (exact) mass is 398 g/mol. The largest absolute Gasteiger partial charge is 0.373 e. The molecule has 3 amide bonds. The van der Waals surface area contributed by atoms with Crippen molar-refractivity contribution in [2.75, 3.05) is 19.7 Å². The average molecular weight is 398 g/mol. The molecule has 2 bridgehead atoms. The zero-order valence-corrected chi connectivity index (χ0v) is 16.3. The second kappa shape index (κ2) is 6.62. The molecule has 6 rings (SSSR count). The highest BCUT2D eigenvalue weighted by atomic mass is 16.5. The molecule has 4 N–H and O–H groups in total. The summed E-state index contributed by atoms with van der Waals surface area (Å²) in [5, 5.41) is 5.87. The maximum Gasteiger partial charge on any atom is 0.255 e. The molecule has 29 heavy (non-hydrogen) atoms. The number of hydrogen-bond donors (Lipinski definition) is 3. The molecule has 1 unspecified atom stereocenters. The van der Waals surface area contributed by atoms with E-state index in [1.54, 1.807) is 4.90 Å². The van der Waals surface area contributed by atoms with Crippen molar-refractivity contribution in [1.29, 1.82) is 0 Å². The number of rotatable bonds is 6. The molecule has 8 nitrogen and oxygen atoms in total. The third kappa shape index (κ3) is 3.06. The van der Waals surface area contributed by atoms with Crippen molar-refractivity contribution in [2.45, 2.75) is 50.4 Å². The summed E-state index contributed by atoms with van der Waals surface area (Å²) in [6.45, 7) is 3.39. The Balaban J connectivity index is 1.20. The summed E-state index contributed by atoms with van der Waals surface area (Å²) in [5.41, 5.74) is 8.65. The molecule has 1 aromatic carbocycles. The number of nitrogens with one attached hydrogen (secondary N) is 2. The first-order valence-electron chi connectivity index (χ1n) is 10.2. The third-order valence-corrected chi connectivity index (χ3v) is 6.87. The molecule has 1 atom stereocenters. The van der Waals surface area contributed by atoms with E-state index >= 15 is 0 Å². The Labute approximate surface area is 169 Å². The zero-order valence-electron chi connectivity index (χ0n) is 16.3. The highest BCUT2D eigenvalue weighted by Crippen LogP contribution is 2.56. The van der Waals surface area contributed by atoms with Crippen LogP contribution in [0.15, 0.2) is 18.2 Å². The van der Waals surface area contributed by atoms with Crippen molar-refractivity contribution in [3.05, 3.63) is 34.9 Å². The first kappa shape index (κ1) is 18.7. The predicted octanol–water partition coefficient (Wildman–Crippen LogP) is 0.0451. The summed E-state index contributed by atoms with van der Waals surface area (Å²) in [5.74, 6) is -0.786. The van der Waals surface area contributed by atoms with Crippen LogP contribution in [0.25, 0.3) is 0 Å². The van der Waals surface area contributed by atoms with Crippen molar-refractivity contribution in [2.24, 2.45) is 11.1 Å². The van der Waals surface area contributed by atoms with Crippen LogP contribution >= 0.6 is 0 Å². The van der Waals surface area contributed by atoms with Crippen LogP contribution < -0.4 is 16.4 Å². The van der Waals surface area contributed by atoms with Gasteiger partial charge in [0.25, 0.3) is 5.91 Å². The van der Waals surface area contributed by atoms with E-state index in [0.717, 1.165) is 43.7 Å². The van der Waals surface area contributed by atoms with Crippen LogP contribution in [0.5, 0.6) is 0 Å². The standard InChI is InChI=1S/C21H26N4O4/c22-10-21-8-20(9-21,12-29-21)11-23-6-13-1-2-15-14(5-13)7-25(19(15)28)16-3-4-17(26)24-18(16)27/h1-2,5,16,23H,3-4,6-12,22H2,(H,24,26,27). The fraction of sp³-hybridized carbons (Fsp3) is 0.571. The Bertz CT molecular complexity index is 893. The minimum Gasteiger partial charge on any atom is -0.373 e. The van der Waals surface area contributed by atoms with Gasteiger partial charge in [-0.1, -0.05) is 12.1 Å². The van der Waals surface area contributed by atoms with E-state index in [1.165, 1.54) is 0 Å². The highest BCUT2D eigenvalue weighted by molar-refractivity contribution is 6.05. The van der Waals surface area contributed by atoms with Crippen LogP contribution in [0.2, 0.25) is 0 Å². The van der Waals surface area contributed by atoms with Gasteiger partial charge in [-0.25, -0.2) is 0 Å². The van der Waals surface area contributed by atoms with E-state index < -0.39 is 6.04 Å². The molecule has 0 aromatic heterocycles. The summed E-state index contributed by atoms with van der Waals surface area (Å²) in [6.07, 6.45) is 2.71. The predicted molar refractivity (Wildman–Crippen MR) is 104 cm³/mol. The van der Waals surface area contributed by atoms with Crippen molar-refractivity contribution >= 4 is 17.7 Å². The number of carbonyl (C=O) groups is 3. The number of ether oxygens (including phenoxy) is 1. The summed E-state index contributed by atoms with van der Waals surface area (Å²) >= 11 is 0. The van der Waals surface area contributed by atoms with E-state index in [1.807, 2.05) is 18.2 Å². The van der Waals surface area contributed by atoms with Crippen LogP contribution in [0.3, 0.4) is 0 Å². The molecule has 8 heteroatoms. The average Bonchev–Trinajstić information content (AvgIpc) is 3.32. The minimum atomic E-state index is -0.572. The molecule has 1 aliphatic carbocycles. The molecule has 3 saturated heterocycles. The Hall–Kier alpha value is -2.29. The molecule has 4 aliphatic heterocycles. The number of amides is 3. The quantitative estimate of drug-likeness (QED) is 0.584. The van der Waals surface area contributed by atoms with Crippen molar-refractivity contribution < 1.29 is 19.1 Å². The van der Waals surface area contributed by atoms with E-state index in [4.69, 9.17) is 10.5 Å². The fourth-order valence-electron chi connectivity index (χ4n) is 5.41. The number of imide groups is 1. The first-order chi connectivity index (χ1) is 13.9. The Kier molecular flexibility index (Phi) is 4.27. The van der Waals surface area contributed by atoms with Gasteiger partial charge < -0.3 is 20.7 Å². The van der Waals surface area contributed by atoms with E-state index in [-0.39, 0.29) is 35.2 Å². The van der Waals surface area contributed by atoms with Crippen LogP contribution in [0.1, 0.15) is 47.2 Å². The van der Waals surface area contributed by atoms with E-state index in [2.05, 4.69) is 10.6 Å². The van der Waals surface area contributed by atoms with Crippen molar-refractivity contribution in [1.82, 2.24) is 15.5 Å². The van der Waals surface area contributed by atoms with Gasteiger partial charge in [0.1, 0.15) is 6.04 Å². The van der Waals surface area contributed by atoms with Gasteiger partial charge in [-0.05, 0) is 36.5 Å². The normalized spacial score (nSPS) is 32.9. The molecule has 1 saturated carbocycles. The Morgan fingerprint density at radius 3 is 2.83 bits per heavy atom. The van der Waals surface area contributed by atoms with Gasteiger partial charge in [0.05, 0.1) is 12.2 Å². The lowest BCUT2D eigenvalue weighted by Gasteiger charge is -2.44. The van der Waals surface area contributed by atoms with Crippen LogP contribution in [0, 0.1) is 5.41 Å². The van der Waals surface area contributed by atoms with Gasteiger partial charge in [-0.3, -0.25) is 19.7 Å². The van der Waals surface area contributed by atoms with Crippen LogP contribution in [0.4, 0.5) is 0 Å². The molecule has 5 aliphatic rings. The summed E-state index contributed by atoms with van der Waals surface area (Å²) in [7, 11) is 0. The fourth-order valence-corrected chi connectivity index (χ4v) is 5.41. The van der Waals surface area contributed by atoms with E-state index in [9.17, 15) is 14.4 Å². The molecule has 4 fully saturated rings. The number of fused-ring (bicyclic) bond motifs is 2. The molecule has 1 aromatic rings. The number of nitrogens with two attached hydrogens (primary N) is 1. The molecule has 154 valence electrons. The lowest BCUT2D eigenvalue weighted by atomic mass is 9.62. The second-order valence-corrected chi connectivity index (χ2v) is 9.02. The van der Waals surface area contributed by atoms with Gasteiger partial charge in [0.15, 0.2) is 0 Å². The highest BCUT2D eigenvalue weighted by Gasteiger charge is 2.61. The smallest absolute Gasteiger partial charge is 0.255 e. The molecular formula is C21H26N4O4. The minimum absolute atomic E-state index is 0.0743. The maximum absolute atomic E-state index is 12.7. The first-order valence-corrected chi connectivity index (χ1v) is 10.2. The maximum atomic E-state index is 12.7. The second-order valence-electron chi connectivity index (χ2n) is 9.02. The third-order valence-electron chi connectivity index (χ3n) is 6.87. The SMILES string of the molecule is NCC12CC(CNCc3ccc4c(c3)CN(C3CCC(=O)NC3=O)C4=O)(CO1)C2. The zero-order chi connectivity index (χ0) is 20.2. The molecule has 4 heterocycles. The summed E-state index contributed by atoms with van der Waals surface area (Å²) < 4.78 is 5.87. The van der Waals surface area contributed by atoms with Gasteiger partial charge >= 0.3 is 0 Å². The number of benzene rings is 1.